The number of aryl methyl sites for hydroxylation is 1. The summed E-state index contributed by atoms with van der Waals surface area (Å²) in [6.07, 6.45) is 1.07. The van der Waals surface area contributed by atoms with E-state index in [0.29, 0.717) is 34.3 Å². The van der Waals surface area contributed by atoms with Crippen molar-refractivity contribution in [2.45, 2.75) is 26.5 Å². The molecule has 8 heteroatoms. The lowest BCUT2D eigenvalue weighted by Crippen LogP contribution is -2.45. The highest BCUT2D eigenvalue weighted by atomic mass is 35.5. The molecule has 168 valence electrons. The Hall–Kier alpha value is -3.03. The third-order valence-electron chi connectivity index (χ3n) is 4.87. The van der Waals surface area contributed by atoms with Crippen LogP contribution in [0.25, 0.3) is 0 Å². The molecule has 0 bridgehead atoms. The highest BCUT2D eigenvalue weighted by Crippen LogP contribution is 2.28. The van der Waals surface area contributed by atoms with Crippen molar-refractivity contribution >= 4 is 38.9 Å². The molecule has 0 spiro atoms. The Morgan fingerprint density at radius 2 is 1.72 bits per heavy atom. The van der Waals surface area contributed by atoms with E-state index in [1.807, 2.05) is 30.3 Å². The van der Waals surface area contributed by atoms with Crippen LogP contribution in [0, 0.1) is 6.92 Å². The Labute approximate surface area is 193 Å². The van der Waals surface area contributed by atoms with Crippen molar-refractivity contribution in [1.82, 2.24) is 0 Å². The first-order valence-electron chi connectivity index (χ1n) is 9.98. The molecule has 0 aromatic heterocycles. The van der Waals surface area contributed by atoms with Crippen LogP contribution in [-0.4, -0.2) is 26.6 Å². The van der Waals surface area contributed by atoms with Crippen LogP contribution in [0.1, 0.15) is 18.1 Å². The van der Waals surface area contributed by atoms with Crippen LogP contribution in [0.3, 0.4) is 0 Å². The predicted molar refractivity (Wildman–Crippen MR) is 129 cm³/mol. The lowest BCUT2D eigenvalue weighted by Gasteiger charge is -2.29. The summed E-state index contributed by atoms with van der Waals surface area (Å²) in [5, 5.41) is 3.15. The lowest BCUT2D eigenvalue weighted by molar-refractivity contribution is -0.116. The van der Waals surface area contributed by atoms with Crippen molar-refractivity contribution in [3.8, 4) is 5.75 Å². The van der Waals surface area contributed by atoms with Gasteiger partial charge < -0.3 is 10.1 Å². The second-order valence-electron chi connectivity index (χ2n) is 7.45. The molecule has 3 aromatic carbocycles. The van der Waals surface area contributed by atoms with E-state index in [-0.39, 0.29) is 0 Å². The molecule has 1 amide bonds. The predicted octanol–water partition coefficient (Wildman–Crippen LogP) is 5.02. The van der Waals surface area contributed by atoms with E-state index in [0.717, 1.165) is 16.1 Å². The average Bonchev–Trinajstić information content (AvgIpc) is 2.75. The summed E-state index contributed by atoms with van der Waals surface area (Å²) in [6.45, 7) is 3.74. The summed E-state index contributed by atoms with van der Waals surface area (Å²) in [4.78, 5) is 12.9. The monoisotopic (exact) mass is 472 g/mol. The molecule has 3 aromatic rings. The number of amides is 1. The van der Waals surface area contributed by atoms with Crippen LogP contribution in [0.2, 0.25) is 5.02 Å². The molecule has 0 aliphatic carbocycles. The van der Waals surface area contributed by atoms with Crippen LogP contribution in [-0.2, 0) is 21.4 Å². The molecule has 0 heterocycles. The summed E-state index contributed by atoms with van der Waals surface area (Å²) in [5.41, 5.74) is 2.65. The van der Waals surface area contributed by atoms with Crippen LogP contribution in [0.5, 0.6) is 5.75 Å². The van der Waals surface area contributed by atoms with E-state index < -0.39 is 22.0 Å². The van der Waals surface area contributed by atoms with Gasteiger partial charge in [-0.1, -0.05) is 48.0 Å². The lowest BCUT2D eigenvalue weighted by atomic mass is 10.1. The van der Waals surface area contributed by atoms with E-state index in [2.05, 4.69) is 5.32 Å². The van der Waals surface area contributed by atoms with Gasteiger partial charge in [-0.15, -0.1) is 0 Å². The molecule has 0 saturated carbocycles. The van der Waals surface area contributed by atoms with Gasteiger partial charge in [-0.3, -0.25) is 9.10 Å². The number of sulfonamides is 1. The molecular weight excluding hydrogens is 448 g/mol. The van der Waals surface area contributed by atoms with E-state index in [1.54, 1.807) is 49.4 Å². The van der Waals surface area contributed by atoms with Crippen molar-refractivity contribution in [1.29, 1.82) is 0 Å². The van der Waals surface area contributed by atoms with Crippen LogP contribution in [0.15, 0.2) is 72.8 Å². The van der Waals surface area contributed by atoms with Gasteiger partial charge in [-0.2, -0.15) is 0 Å². The summed E-state index contributed by atoms with van der Waals surface area (Å²) in [6, 6.07) is 20.7. The molecule has 0 fully saturated rings. The van der Waals surface area contributed by atoms with Gasteiger partial charge in [0.15, 0.2) is 0 Å². The van der Waals surface area contributed by atoms with Crippen molar-refractivity contribution in [2.75, 3.05) is 15.9 Å². The molecule has 0 saturated heterocycles. The number of hydrogen-bond acceptors (Lipinski definition) is 4. The standard InChI is InChI=1S/C24H25ClN2O4S/c1-17-9-10-20(25)15-23(17)27(32(3,29)30)18(2)24(28)26-21-11-13-22(14-12-21)31-16-19-7-5-4-6-8-19/h4-15,18H,16H2,1-3H3,(H,26,28)/t18-/m1/s1. The molecule has 0 aliphatic rings. The van der Waals surface area contributed by atoms with Crippen LogP contribution < -0.4 is 14.4 Å². The van der Waals surface area contributed by atoms with E-state index >= 15 is 0 Å². The second-order valence-corrected chi connectivity index (χ2v) is 9.75. The first-order chi connectivity index (χ1) is 15.1. The first kappa shape index (κ1) is 23.6. The fourth-order valence-electron chi connectivity index (χ4n) is 3.22. The van der Waals surface area contributed by atoms with Crippen LogP contribution >= 0.6 is 11.6 Å². The molecule has 32 heavy (non-hydrogen) atoms. The summed E-state index contributed by atoms with van der Waals surface area (Å²) in [5.74, 6) is 0.194. The maximum absolute atomic E-state index is 12.9. The van der Waals surface area contributed by atoms with Crippen LogP contribution in [0.4, 0.5) is 11.4 Å². The quantitative estimate of drug-likeness (QED) is 0.499. The molecule has 6 nitrogen and oxygen atoms in total. The molecule has 0 aliphatic heterocycles. The van der Waals surface area contributed by atoms with E-state index in [1.165, 1.54) is 6.92 Å². The van der Waals surface area contributed by atoms with Gasteiger partial charge in [0.1, 0.15) is 18.4 Å². The zero-order chi connectivity index (χ0) is 23.3. The van der Waals surface area contributed by atoms with Gasteiger partial charge in [-0.25, -0.2) is 8.42 Å². The topological polar surface area (TPSA) is 75.7 Å². The molecular formula is C24H25ClN2O4S. The number of benzene rings is 3. The van der Waals surface area contributed by atoms with Crippen molar-refractivity contribution in [3.05, 3.63) is 88.9 Å². The fraction of sp³-hybridized carbons (Fsp3) is 0.208. The van der Waals surface area contributed by atoms with Gasteiger partial charge in [-0.05, 0) is 61.4 Å². The number of nitrogens with one attached hydrogen (secondary N) is 1. The summed E-state index contributed by atoms with van der Waals surface area (Å²) in [7, 11) is -3.74. The molecule has 0 unspecified atom stereocenters. The van der Waals surface area contributed by atoms with Crippen molar-refractivity contribution < 1.29 is 17.9 Å². The van der Waals surface area contributed by atoms with E-state index in [9.17, 15) is 13.2 Å². The highest BCUT2D eigenvalue weighted by Gasteiger charge is 2.30. The highest BCUT2D eigenvalue weighted by molar-refractivity contribution is 7.92. The Bertz CT molecular complexity index is 1180. The normalized spacial score (nSPS) is 12.1. The number of carbonyl (C=O) groups is 1. The molecule has 3 rings (SSSR count). The summed E-state index contributed by atoms with van der Waals surface area (Å²) >= 11 is 6.07. The van der Waals surface area contributed by atoms with Gasteiger partial charge in [0.25, 0.3) is 0 Å². The zero-order valence-corrected chi connectivity index (χ0v) is 19.7. The number of rotatable bonds is 8. The smallest absolute Gasteiger partial charge is 0.247 e. The number of ether oxygens (including phenoxy) is 1. The SMILES string of the molecule is Cc1ccc(Cl)cc1N([C@H](C)C(=O)Nc1ccc(OCc2ccccc2)cc1)S(C)(=O)=O. The number of halogens is 1. The minimum absolute atomic E-state index is 0.368. The second kappa shape index (κ2) is 10.1. The minimum atomic E-state index is -3.74. The maximum Gasteiger partial charge on any atom is 0.247 e. The number of carbonyl (C=O) groups excluding carboxylic acids is 1. The number of hydrogen-bond donors (Lipinski definition) is 1. The average molecular weight is 473 g/mol. The van der Waals surface area contributed by atoms with Gasteiger partial charge >= 0.3 is 0 Å². The van der Waals surface area contributed by atoms with Gasteiger partial charge in [0.2, 0.25) is 15.9 Å². The number of nitrogens with zero attached hydrogens (tertiary/aromatic N) is 1. The van der Waals surface area contributed by atoms with Gasteiger partial charge in [0, 0.05) is 10.7 Å². The Kier molecular flexibility index (Phi) is 7.43. The minimum Gasteiger partial charge on any atom is -0.489 e. The van der Waals surface area contributed by atoms with Crippen molar-refractivity contribution in [2.24, 2.45) is 0 Å². The maximum atomic E-state index is 12.9. The third kappa shape index (κ3) is 6.02. The third-order valence-corrected chi connectivity index (χ3v) is 6.33. The molecule has 0 radical (unpaired) electrons. The summed E-state index contributed by atoms with van der Waals surface area (Å²) < 4.78 is 31.9. The Morgan fingerprint density at radius 3 is 2.34 bits per heavy atom. The van der Waals surface area contributed by atoms with E-state index in [4.69, 9.17) is 16.3 Å². The first-order valence-corrected chi connectivity index (χ1v) is 12.2. The Morgan fingerprint density at radius 1 is 1.06 bits per heavy atom. The molecule has 1 atom stereocenters. The zero-order valence-electron chi connectivity index (χ0n) is 18.1. The largest absolute Gasteiger partial charge is 0.489 e. The van der Waals surface area contributed by atoms with Crippen molar-refractivity contribution in [3.63, 3.8) is 0 Å². The Balaban J connectivity index is 1.71. The molecule has 1 N–H and O–H groups in total. The number of anilines is 2. The van der Waals surface area contributed by atoms with Gasteiger partial charge in [0.05, 0.1) is 11.9 Å². The fourth-order valence-corrected chi connectivity index (χ4v) is 4.61.